The molecule has 0 bridgehead atoms. The van der Waals surface area contributed by atoms with Crippen molar-refractivity contribution in [2.75, 3.05) is 7.11 Å². The Morgan fingerprint density at radius 1 is 1.40 bits per heavy atom. The van der Waals surface area contributed by atoms with Crippen LogP contribution in [-0.4, -0.2) is 18.3 Å². The Bertz CT molecular complexity index is 296. The highest BCUT2D eigenvalue weighted by Crippen LogP contribution is 2.22. The lowest BCUT2D eigenvalue weighted by molar-refractivity contribution is -0.0179. The van der Waals surface area contributed by atoms with E-state index in [4.69, 9.17) is 4.74 Å². The van der Waals surface area contributed by atoms with E-state index >= 15 is 0 Å². The molecule has 0 heterocycles. The predicted octanol–water partition coefficient (Wildman–Crippen LogP) is 2.84. The maximum Gasteiger partial charge on any atom is 0.105 e. The SMILES string of the molecule is CCCC(OC)C(O)c1cccc(C)c1. The summed E-state index contributed by atoms with van der Waals surface area (Å²) in [6.45, 7) is 4.12. The Morgan fingerprint density at radius 2 is 2.13 bits per heavy atom. The third-order valence-electron chi connectivity index (χ3n) is 2.61. The van der Waals surface area contributed by atoms with Crippen LogP contribution in [0.2, 0.25) is 0 Å². The molecule has 0 spiro atoms. The second-order valence-electron chi connectivity index (χ2n) is 3.92. The molecule has 2 atom stereocenters. The van der Waals surface area contributed by atoms with Gasteiger partial charge >= 0.3 is 0 Å². The third kappa shape index (κ3) is 3.33. The van der Waals surface area contributed by atoms with E-state index in [1.54, 1.807) is 7.11 Å². The molecule has 0 aliphatic heterocycles. The zero-order chi connectivity index (χ0) is 11.3. The van der Waals surface area contributed by atoms with Gasteiger partial charge in [-0.25, -0.2) is 0 Å². The Morgan fingerprint density at radius 3 is 2.67 bits per heavy atom. The molecular formula is C13H20O2. The average molecular weight is 208 g/mol. The van der Waals surface area contributed by atoms with Gasteiger partial charge in [0.15, 0.2) is 0 Å². The van der Waals surface area contributed by atoms with Gasteiger partial charge in [-0.05, 0) is 18.9 Å². The summed E-state index contributed by atoms with van der Waals surface area (Å²) in [5, 5.41) is 10.1. The zero-order valence-corrected chi connectivity index (χ0v) is 9.73. The van der Waals surface area contributed by atoms with Crippen LogP contribution in [0.3, 0.4) is 0 Å². The first kappa shape index (κ1) is 12.2. The van der Waals surface area contributed by atoms with Crippen molar-refractivity contribution in [3.8, 4) is 0 Å². The van der Waals surface area contributed by atoms with Gasteiger partial charge in [-0.2, -0.15) is 0 Å². The smallest absolute Gasteiger partial charge is 0.105 e. The van der Waals surface area contributed by atoms with Gasteiger partial charge in [0.2, 0.25) is 0 Å². The summed E-state index contributed by atoms with van der Waals surface area (Å²) in [7, 11) is 1.65. The van der Waals surface area contributed by atoms with Crippen LogP contribution in [0.4, 0.5) is 0 Å². The quantitative estimate of drug-likeness (QED) is 0.806. The van der Waals surface area contributed by atoms with E-state index in [-0.39, 0.29) is 6.10 Å². The number of rotatable bonds is 5. The Hall–Kier alpha value is -0.860. The van der Waals surface area contributed by atoms with Crippen LogP contribution in [-0.2, 0) is 4.74 Å². The van der Waals surface area contributed by atoms with Crippen molar-refractivity contribution < 1.29 is 9.84 Å². The standard InChI is InChI=1S/C13H20O2/c1-4-6-12(15-3)13(14)11-8-5-7-10(2)9-11/h5,7-9,12-14H,4,6H2,1-3H3. The lowest BCUT2D eigenvalue weighted by atomic mass is 9.99. The zero-order valence-electron chi connectivity index (χ0n) is 9.73. The molecule has 1 N–H and O–H groups in total. The molecule has 0 aromatic heterocycles. The molecule has 0 saturated carbocycles. The monoisotopic (exact) mass is 208 g/mol. The van der Waals surface area contributed by atoms with Crippen molar-refractivity contribution in [2.24, 2.45) is 0 Å². The fourth-order valence-corrected chi connectivity index (χ4v) is 1.76. The first-order valence-corrected chi connectivity index (χ1v) is 5.46. The van der Waals surface area contributed by atoms with E-state index in [1.165, 1.54) is 0 Å². The molecule has 1 rings (SSSR count). The van der Waals surface area contributed by atoms with Gasteiger partial charge in [0.1, 0.15) is 6.10 Å². The minimum Gasteiger partial charge on any atom is -0.386 e. The summed E-state index contributed by atoms with van der Waals surface area (Å²) in [6, 6.07) is 7.94. The van der Waals surface area contributed by atoms with Gasteiger partial charge in [0.05, 0.1) is 6.10 Å². The largest absolute Gasteiger partial charge is 0.386 e. The summed E-state index contributed by atoms with van der Waals surface area (Å²) in [5.74, 6) is 0. The maximum absolute atomic E-state index is 10.1. The molecule has 84 valence electrons. The average Bonchev–Trinajstić information content (AvgIpc) is 2.25. The number of methoxy groups -OCH3 is 1. The summed E-state index contributed by atoms with van der Waals surface area (Å²) in [4.78, 5) is 0. The lowest BCUT2D eigenvalue weighted by Crippen LogP contribution is -2.20. The van der Waals surface area contributed by atoms with E-state index in [1.807, 2.05) is 31.2 Å². The molecule has 0 aliphatic rings. The lowest BCUT2D eigenvalue weighted by Gasteiger charge is -2.21. The fourth-order valence-electron chi connectivity index (χ4n) is 1.76. The molecule has 1 aromatic carbocycles. The highest BCUT2D eigenvalue weighted by molar-refractivity contribution is 5.24. The molecule has 0 saturated heterocycles. The number of ether oxygens (including phenoxy) is 1. The number of aliphatic hydroxyl groups excluding tert-OH is 1. The van der Waals surface area contributed by atoms with Crippen LogP contribution in [0.15, 0.2) is 24.3 Å². The van der Waals surface area contributed by atoms with Gasteiger partial charge in [0.25, 0.3) is 0 Å². The normalized spacial score (nSPS) is 14.9. The molecule has 1 aromatic rings. The third-order valence-corrected chi connectivity index (χ3v) is 2.61. The molecule has 2 nitrogen and oxygen atoms in total. The van der Waals surface area contributed by atoms with Crippen molar-refractivity contribution in [1.82, 2.24) is 0 Å². The highest BCUT2D eigenvalue weighted by atomic mass is 16.5. The van der Waals surface area contributed by atoms with E-state index < -0.39 is 6.10 Å². The van der Waals surface area contributed by atoms with Crippen LogP contribution in [0.25, 0.3) is 0 Å². The number of hydrogen-bond donors (Lipinski definition) is 1. The van der Waals surface area contributed by atoms with Gasteiger partial charge < -0.3 is 9.84 Å². The Kier molecular flexibility index (Phi) is 4.79. The van der Waals surface area contributed by atoms with Crippen LogP contribution in [0.1, 0.15) is 37.0 Å². The number of aryl methyl sites for hydroxylation is 1. The first-order valence-electron chi connectivity index (χ1n) is 5.46. The van der Waals surface area contributed by atoms with Crippen molar-refractivity contribution in [3.05, 3.63) is 35.4 Å². The number of benzene rings is 1. The summed E-state index contributed by atoms with van der Waals surface area (Å²) >= 11 is 0. The van der Waals surface area contributed by atoms with Crippen LogP contribution < -0.4 is 0 Å². The van der Waals surface area contributed by atoms with E-state index in [0.29, 0.717) is 0 Å². The van der Waals surface area contributed by atoms with Crippen molar-refractivity contribution in [2.45, 2.75) is 38.9 Å². The van der Waals surface area contributed by atoms with Crippen LogP contribution in [0, 0.1) is 6.92 Å². The van der Waals surface area contributed by atoms with E-state index in [2.05, 4.69) is 6.92 Å². The fraction of sp³-hybridized carbons (Fsp3) is 0.538. The molecular weight excluding hydrogens is 188 g/mol. The summed E-state index contributed by atoms with van der Waals surface area (Å²) in [6.07, 6.45) is 1.28. The maximum atomic E-state index is 10.1. The summed E-state index contributed by atoms with van der Waals surface area (Å²) < 4.78 is 5.30. The topological polar surface area (TPSA) is 29.5 Å². The van der Waals surface area contributed by atoms with Crippen molar-refractivity contribution in [3.63, 3.8) is 0 Å². The predicted molar refractivity (Wildman–Crippen MR) is 61.8 cm³/mol. The molecule has 0 aliphatic carbocycles. The number of hydrogen-bond acceptors (Lipinski definition) is 2. The highest BCUT2D eigenvalue weighted by Gasteiger charge is 2.19. The second-order valence-corrected chi connectivity index (χ2v) is 3.92. The Balaban J connectivity index is 2.77. The first-order chi connectivity index (χ1) is 7.19. The molecule has 0 fully saturated rings. The van der Waals surface area contributed by atoms with Gasteiger partial charge in [-0.1, -0.05) is 43.2 Å². The molecule has 0 radical (unpaired) electrons. The number of aliphatic hydroxyl groups is 1. The Labute approximate surface area is 91.9 Å². The molecule has 2 heteroatoms. The minimum absolute atomic E-state index is 0.100. The van der Waals surface area contributed by atoms with Gasteiger partial charge in [-0.15, -0.1) is 0 Å². The van der Waals surface area contributed by atoms with Crippen LogP contribution >= 0.6 is 0 Å². The van der Waals surface area contributed by atoms with Crippen LogP contribution in [0.5, 0.6) is 0 Å². The van der Waals surface area contributed by atoms with E-state index in [0.717, 1.165) is 24.0 Å². The van der Waals surface area contributed by atoms with Gasteiger partial charge in [-0.3, -0.25) is 0 Å². The van der Waals surface area contributed by atoms with E-state index in [9.17, 15) is 5.11 Å². The van der Waals surface area contributed by atoms with Gasteiger partial charge in [0, 0.05) is 7.11 Å². The molecule has 0 amide bonds. The molecule has 2 unspecified atom stereocenters. The molecule has 15 heavy (non-hydrogen) atoms. The summed E-state index contributed by atoms with van der Waals surface area (Å²) in [5.41, 5.74) is 2.10. The van der Waals surface area contributed by atoms with Crippen molar-refractivity contribution >= 4 is 0 Å². The van der Waals surface area contributed by atoms with Crippen molar-refractivity contribution in [1.29, 1.82) is 0 Å². The second kappa shape index (κ2) is 5.89. The minimum atomic E-state index is -0.519.